The Hall–Kier alpha value is -2.09. The Morgan fingerprint density at radius 2 is 1.85 bits per heavy atom. The number of benzene rings is 1. The van der Waals surface area contributed by atoms with E-state index in [9.17, 15) is 27.9 Å². The number of halogens is 3. The Morgan fingerprint density at radius 3 is 2.37 bits per heavy atom. The van der Waals surface area contributed by atoms with E-state index in [0.717, 1.165) is 5.56 Å². The van der Waals surface area contributed by atoms with Crippen molar-refractivity contribution in [3.63, 3.8) is 0 Å². The third-order valence-corrected chi connectivity index (χ3v) is 4.72. The second-order valence-corrected chi connectivity index (χ2v) is 7.46. The number of nitrogens with zero attached hydrogens (tertiary/aromatic N) is 1. The van der Waals surface area contributed by atoms with Crippen LogP contribution in [0.5, 0.6) is 0 Å². The number of likely N-dealkylation sites (tertiary alicyclic amines) is 1. The van der Waals surface area contributed by atoms with E-state index < -0.39 is 35.9 Å². The lowest BCUT2D eigenvalue weighted by Crippen LogP contribution is -2.47. The lowest BCUT2D eigenvalue weighted by atomic mass is 9.93. The van der Waals surface area contributed by atoms with Gasteiger partial charge in [0.15, 0.2) is 0 Å². The van der Waals surface area contributed by atoms with Crippen molar-refractivity contribution >= 4 is 11.9 Å². The second-order valence-electron chi connectivity index (χ2n) is 7.46. The van der Waals surface area contributed by atoms with Gasteiger partial charge in [0.2, 0.25) is 5.91 Å². The number of hydrogen-bond acceptors (Lipinski definition) is 3. The van der Waals surface area contributed by atoms with E-state index in [-0.39, 0.29) is 25.4 Å². The fraction of sp³-hybridized carbons (Fsp3) is 0.579. The van der Waals surface area contributed by atoms with Crippen molar-refractivity contribution in [1.29, 1.82) is 0 Å². The van der Waals surface area contributed by atoms with Gasteiger partial charge in [-0.1, -0.05) is 44.2 Å². The maximum Gasteiger partial charge on any atom is 0.393 e. The van der Waals surface area contributed by atoms with Gasteiger partial charge >= 0.3 is 12.1 Å². The lowest BCUT2D eigenvalue weighted by molar-refractivity contribution is -0.183. The molecule has 0 spiro atoms. The first-order chi connectivity index (χ1) is 12.6. The Kier molecular flexibility index (Phi) is 6.86. The van der Waals surface area contributed by atoms with Gasteiger partial charge in [0.05, 0.1) is 11.8 Å². The van der Waals surface area contributed by atoms with E-state index in [1.54, 1.807) is 30.9 Å². The van der Waals surface area contributed by atoms with Gasteiger partial charge in [-0.15, -0.1) is 0 Å². The summed E-state index contributed by atoms with van der Waals surface area (Å²) in [4.78, 5) is 25.4. The first-order valence-electron chi connectivity index (χ1n) is 8.94. The van der Waals surface area contributed by atoms with Crippen molar-refractivity contribution < 1.29 is 27.9 Å². The van der Waals surface area contributed by atoms with Crippen LogP contribution in [-0.4, -0.2) is 47.2 Å². The normalized spacial score (nSPS) is 22.0. The molecule has 0 radical (unpaired) electrons. The molecule has 5 nitrogen and oxygen atoms in total. The third kappa shape index (κ3) is 5.95. The number of amides is 1. The molecule has 1 aliphatic heterocycles. The summed E-state index contributed by atoms with van der Waals surface area (Å²) in [5.41, 5.74) is 0.864. The predicted molar refractivity (Wildman–Crippen MR) is 93.8 cm³/mol. The fourth-order valence-corrected chi connectivity index (χ4v) is 3.42. The molecule has 150 valence electrons. The molecular weight excluding hydrogens is 361 g/mol. The largest absolute Gasteiger partial charge is 0.480 e. The number of carboxylic acids is 1. The molecule has 0 saturated carbocycles. The zero-order valence-corrected chi connectivity index (χ0v) is 15.4. The van der Waals surface area contributed by atoms with Crippen LogP contribution in [0.3, 0.4) is 0 Å². The smallest absolute Gasteiger partial charge is 0.393 e. The molecule has 1 fully saturated rings. The van der Waals surface area contributed by atoms with Crippen LogP contribution in [0.2, 0.25) is 0 Å². The van der Waals surface area contributed by atoms with Crippen molar-refractivity contribution in [3.8, 4) is 0 Å². The number of rotatable bonds is 7. The Labute approximate surface area is 156 Å². The average molecular weight is 386 g/mol. The maximum atomic E-state index is 13.5. The minimum Gasteiger partial charge on any atom is -0.480 e. The monoisotopic (exact) mass is 386 g/mol. The third-order valence-electron chi connectivity index (χ3n) is 4.72. The average Bonchev–Trinajstić information content (AvgIpc) is 2.99. The molecule has 1 aromatic rings. The predicted octanol–water partition coefficient (Wildman–Crippen LogP) is 2.91. The SMILES string of the molecule is CC(C)C[C@@H](NC(=O)[C@@H]1CN(Cc2ccccc2)C[C@H]1C(F)(F)F)C(=O)O. The minimum atomic E-state index is -4.52. The van der Waals surface area contributed by atoms with E-state index in [2.05, 4.69) is 5.32 Å². The van der Waals surface area contributed by atoms with Crippen molar-refractivity contribution in [3.05, 3.63) is 35.9 Å². The Balaban J connectivity index is 2.11. The highest BCUT2D eigenvalue weighted by molar-refractivity contribution is 5.85. The van der Waals surface area contributed by atoms with Gasteiger partial charge in [0.1, 0.15) is 6.04 Å². The molecule has 0 bridgehead atoms. The first-order valence-corrected chi connectivity index (χ1v) is 8.94. The summed E-state index contributed by atoms with van der Waals surface area (Å²) in [7, 11) is 0. The summed E-state index contributed by atoms with van der Waals surface area (Å²) < 4.78 is 40.4. The van der Waals surface area contributed by atoms with Crippen molar-refractivity contribution in [2.24, 2.45) is 17.8 Å². The first kappa shape index (κ1) is 21.2. The van der Waals surface area contributed by atoms with Gasteiger partial charge in [-0.3, -0.25) is 9.69 Å². The van der Waals surface area contributed by atoms with Crippen molar-refractivity contribution in [2.75, 3.05) is 13.1 Å². The molecule has 0 aromatic heterocycles. The molecule has 27 heavy (non-hydrogen) atoms. The highest BCUT2D eigenvalue weighted by atomic mass is 19.4. The number of carbonyl (C=O) groups is 2. The van der Waals surface area contributed by atoms with Crippen LogP contribution < -0.4 is 5.32 Å². The highest BCUT2D eigenvalue weighted by Crippen LogP contribution is 2.38. The number of aliphatic carboxylic acids is 1. The molecule has 1 heterocycles. The summed E-state index contributed by atoms with van der Waals surface area (Å²) in [6, 6.07) is 7.89. The van der Waals surface area contributed by atoms with E-state index >= 15 is 0 Å². The van der Waals surface area contributed by atoms with Crippen LogP contribution in [0.4, 0.5) is 13.2 Å². The van der Waals surface area contributed by atoms with Gasteiger partial charge in [0.25, 0.3) is 0 Å². The molecule has 8 heteroatoms. The molecule has 1 aromatic carbocycles. The molecule has 0 aliphatic carbocycles. The van der Waals surface area contributed by atoms with Crippen LogP contribution >= 0.6 is 0 Å². The van der Waals surface area contributed by atoms with Crippen LogP contribution in [0.15, 0.2) is 30.3 Å². The number of nitrogens with one attached hydrogen (secondary N) is 1. The van der Waals surface area contributed by atoms with Crippen LogP contribution in [0, 0.1) is 17.8 Å². The zero-order chi connectivity index (χ0) is 20.2. The Bertz CT molecular complexity index is 649. The van der Waals surface area contributed by atoms with Gasteiger partial charge in [-0.2, -0.15) is 13.2 Å². The Morgan fingerprint density at radius 1 is 1.22 bits per heavy atom. The highest BCUT2D eigenvalue weighted by Gasteiger charge is 2.52. The van der Waals surface area contributed by atoms with E-state index in [1.165, 1.54) is 0 Å². The number of hydrogen-bond donors (Lipinski definition) is 2. The molecule has 1 aliphatic rings. The van der Waals surface area contributed by atoms with Crippen LogP contribution in [0.25, 0.3) is 0 Å². The summed E-state index contributed by atoms with van der Waals surface area (Å²) in [5, 5.41) is 11.6. The molecular formula is C19H25F3N2O3. The minimum absolute atomic E-state index is 0.0111. The van der Waals surface area contributed by atoms with E-state index in [4.69, 9.17) is 0 Å². The standard InChI is InChI=1S/C19H25F3N2O3/c1-12(2)8-16(18(26)27)23-17(25)14-10-24(11-15(14)19(20,21)22)9-13-6-4-3-5-7-13/h3-7,12,14-16H,8-11H2,1-2H3,(H,23,25)(H,26,27)/t14-,15-,16-/m1/s1. The van der Waals surface area contributed by atoms with Gasteiger partial charge in [-0.05, 0) is 17.9 Å². The van der Waals surface area contributed by atoms with Crippen LogP contribution in [-0.2, 0) is 16.1 Å². The second kappa shape index (κ2) is 8.73. The zero-order valence-electron chi connectivity index (χ0n) is 15.4. The number of carbonyl (C=O) groups excluding carboxylic acids is 1. The summed E-state index contributed by atoms with van der Waals surface area (Å²) in [6.07, 6.45) is -4.36. The van der Waals surface area contributed by atoms with Crippen molar-refractivity contribution in [2.45, 2.75) is 39.0 Å². The van der Waals surface area contributed by atoms with Crippen molar-refractivity contribution in [1.82, 2.24) is 10.2 Å². The molecule has 1 saturated heterocycles. The summed E-state index contributed by atoms with van der Waals surface area (Å²) >= 11 is 0. The lowest BCUT2D eigenvalue weighted by Gasteiger charge is -2.23. The van der Waals surface area contributed by atoms with Gasteiger partial charge in [-0.25, -0.2) is 4.79 Å². The van der Waals surface area contributed by atoms with Crippen LogP contribution in [0.1, 0.15) is 25.8 Å². The van der Waals surface area contributed by atoms with Gasteiger partial charge < -0.3 is 10.4 Å². The fourth-order valence-electron chi connectivity index (χ4n) is 3.42. The molecule has 2 rings (SSSR count). The topological polar surface area (TPSA) is 69.6 Å². The molecule has 0 unspecified atom stereocenters. The van der Waals surface area contributed by atoms with E-state index in [0.29, 0.717) is 6.54 Å². The number of alkyl halides is 3. The summed E-state index contributed by atoms with van der Waals surface area (Å²) in [6.45, 7) is 3.55. The molecule has 3 atom stereocenters. The number of carboxylic acid groups (broad SMARTS) is 1. The molecule has 2 N–H and O–H groups in total. The van der Waals surface area contributed by atoms with E-state index in [1.807, 2.05) is 18.2 Å². The van der Waals surface area contributed by atoms with Gasteiger partial charge in [0, 0.05) is 19.6 Å². The quantitative estimate of drug-likeness (QED) is 0.756. The molecule has 1 amide bonds. The maximum absolute atomic E-state index is 13.5. The summed E-state index contributed by atoms with van der Waals surface area (Å²) in [5.74, 6) is -5.22.